The van der Waals surface area contributed by atoms with Gasteiger partial charge in [0.25, 0.3) is 0 Å². The first-order valence-electron chi connectivity index (χ1n) is 15.8. The summed E-state index contributed by atoms with van der Waals surface area (Å²) in [6.45, 7) is 9.63. The van der Waals surface area contributed by atoms with Gasteiger partial charge < -0.3 is 14.7 Å². The molecule has 1 aliphatic heterocycles. The molecule has 0 fully saturated rings. The molecule has 3 aromatic rings. The number of aromatic carboxylic acids is 1. The lowest BCUT2D eigenvalue weighted by Crippen LogP contribution is -2.45. The maximum Gasteiger partial charge on any atom is 0.335 e. The molecule has 0 unspecified atom stereocenters. The standard InChI is InChI=1S/C39H41NO5/c1-38(2)20-30-35(32(41)22-38)34(28-11-8-12-29(19-28)45-24-26-13-15-27(16-14-26)37(43)44)36-31(21-39(3,4)23-33(36)42)40(30)18-17-25-9-6-5-7-10-25/h5-16,19,34H,17-18,20-24H2,1-4H3,(H,43,44). The number of hydrogen-bond donors (Lipinski definition) is 1. The Morgan fingerprint density at radius 1 is 0.778 bits per heavy atom. The summed E-state index contributed by atoms with van der Waals surface area (Å²) >= 11 is 0. The number of carboxylic acid groups (broad SMARTS) is 1. The van der Waals surface area contributed by atoms with Crippen LogP contribution in [0.4, 0.5) is 0 Å². The topological polar surface area (TPSA) is 83.9 Å². The molecule has 2 aliphatic carbocycles. The summed E-state index contributed by atoms with van der Waals surface area (Å²) in [5.41, 5.74) is 6.47. The summed E-state index contributed by atoms with van der Waals surface area (Å²) in [6, 6.07) is 24.8. The van der Waals surface area contributed by atoms with E-state index in [4.69, 9.17) is 4.74 Å². The van der Waals surface area contributed by atoms with E-state index in [0.717, 1.165) is 52.9 Å². The van der Waals surface area contributed by atoms with Crippen molar-refractivity contribution in [3.8, 4) is 5.75 Å². The van der Waals surface area contributed by atoms with Crippen LogP contribution >= 0.6 is 0 Å². The smallest absolute Gasteiger partial charge is 0.335 e. The fourth-order valence-electron chi connectivity index (χ4n) is 7.23. The highest BCUT2D eigenvalue weighted by Crippen LogP contribution is 2.54. The molecule has 3 aliphatic rings. The fourth-order valence-corrected chi connectivity index (χ4v) is 7.23. The van der Waals surface area contributed by atoms with E-state index >= 15 is 0 Å². The maximum absolute atomic E-state index is 14.1. The first-order chi connectivity index (χ1) is 21.4. The fraction of sp³-hybridized carbons (Fsp3) is 0.359. The second-order valence-corrected chi connectivity index (χ2v) is 14.3. The Morgan fingerprint density at radius 3 is 1.96 bits per heavy atom. The molecule has 6 heteroatoms. The highest BCUT2D eigenvalue weighted by atomic mass is 16.5. The van der Waals surface area contributed by atoms with Crippen LogP contribution in [0.15, 0.2) is 101 Å². The highest BCUT2D eigenvalue weighted by molar-refractivity contribution is 6.06. The van der Waals surface area contributed by atoms with Crippen molar-refractivity contribution in [2.45, 2.75) is 72.3 Å². The number of carbonyl (C=O) groups is 3. The van der Waals surface area contributed by atoms with Crippen molar-refractivity contribution in [2.24, 2.45) is 10.8 Å². The van der Waals surface area contributed by atoms with Gasteiger partial charge in [-0.15, -0.1) is 0 Å². The third-order valence-electron chi connectivity index (χ3n) is 9.29. The Labute approximate surface area is 265 Å². The molecule has 0 atom stereocenters. The molecule has 6 rings (SSSR count). The Kier molecular flexibility index (Phi) is 8.02. The number of Topliss-reactive ketones (excluding diaryl/α,β-unsaturated/α-hetero) is 2. The number of ketones is 2. The molecule has 45 heavy (non-hydrogen) atoms. The van der Waals surface area contributed by atoms with Crippen LogP contribution in [0.5, 0.6) is 5.75 Å². The van der Waals surface area contributed by atoms with Crippen LogP contribution in [0.1, 0.15) is 86.3 Å². The second-order valence-electron chi connectivity index (χ2n) is 14.3. The lowest BCUT2D eigenvalue weighted by Gasteiger charge is -2.49. The summed E-state index contributed by atoms with van der Waals surface area (Å²) in [5.74, 6) is -0.536. The minimum atomic E-state index is -0.968. The van der Waals surface area contributed by atoms with Crippen molar-refractivity contribution < 1.29 is 24.2 Å². The summed E-state index contributed by atoms with van der Waals surface area (Å²) < 4.78 is 6.16. The van der Waals surface area contributed by atoms with E-state index < -0.39 is 11.9 Å². The molecule has 0 radical (unpaired) electrons. The number of nitrogens with zero attached hydrogens (tertiary/aromatic N) is 1. The van der Waals surface area contributed by atoms with Gasteiger partial charge in [-0.25, -0.2) is 4.79 Å². The van der Waals surface area contributed by atoms with Gasteiger partial charge in [0.2, 0.25) is 0 Å². The Bertz CT molecular complexity index is 1660. The zero-order valence-electron chi connectivity index (χ0n) is 26.6. The number of ether oxygens (including phenoxy) is 1. The molecule has 1 N–H and O–H groups in total. The largest absolute Gasteiger partial charge is 0.489 e. The monoisotopic (exact) mass is 603 g/mol. The predicted molar refractivity (Wildman–Crippen MR) is 174 cm³/mol. The van der Waals surface area contributed by atoms with E-state index in [1.807, 2.05) is 30.3 Å². The Balaban J connectivity index is 1.41. The van der Waals surface area contributed by atoms with E-state index in [9.17, 15) is 19.5 Å². The van der Waals surface area contributed by atoms with Crippen LogP contribution in [0.3, 0.4) is 0 Å². The van der Waals surface area contributed by atoms with Gasteiger partial charge in [-0.3, -0.25) is 9.59 Å². The molecule has 6 nitrogen and oxygen atoms in total. The molecule has 1 heterocycles. The third kappa shape index (κ3) is 6.37. The van der Waals surface area contributed by atoms with E-state index in [-0.39, 0.29) is 34.6 Å². The van der Waals surface area contributed by atoms with Gasteiger partial charge in [0.05, 0.1) is 5.56 Å². The SMILES string of the molecule is CC1(C)CC(=O)C2=C(C1)N(CCc1ccccc1)C1=C(C(=O)CC(C)(C)C1)C2c1cccc(OCc2ccc(C(=O)O)cc2)c1. The van der Waals surface area contributed by atoms with Gasteiger partial charge in [-0.05, 0) is 71.0 Å². The molecule has 0 amide bonds. The average molecular weight is 604 g/mol. The van der Waals surface area contributed by atoms with Gasteiger partial charge in [0, 0.05) is 47.8 Å². The van der Waals surface area contributed by atoms with Crippen molar-refractivity contribution >= 4 is 17.5 Å². The zero-order valence-corrected chi connectivity index (χ0v) is 26.6. The van der Waals surface area contributed by atoms with Gasteiger partial charge in [0.15, 0.2) is 11.6 Å². The summed E-state index contributed by atoms with van der Waals surface area (Å²) in [7, 11) is 0. The van der Waals surface area contributed by atoms with Gasteiger partial charge >= 0.3 is 5.97 Å². The molecule has 232 valence electrons. The number of carboxylic acids is 1. The molecule has 0 saturated carbocycles. The number of benzene rings is 3. The van der Waals surface area contributed by atoms with E-state index in [2.05, 4.69) is 56.9 Å². The number of hydrogen-bond acceptors (Lipinski definition) is 5. The van der Waals surface area contributed by atoms with Crippen LogP contribution in [0.2, 0.25) is 0 Å². The molecular formula is C39H41NO5. The van der Waals surface area contributed by atoms with Crippen molar-refractivity contribution in [3.05, 3.63) is 124 Å². The van der Waals surface area contributed by atoms with E-state index in [0.29, 0.717) is 25.1 Å². The molecule has 0 bridgehead atoms. The Hall–Kier alpha value is -4.45. The van der Waals surface area contributed by atoms with Crippen LogP contribution in [0.25, 0.3) is 0 Å². The summed E-state index contributed by atoms with van der Waals surface area (Å²) in [4.78, 5) is 41.8. The van der Waals surface area contributed by atoms with Crippen LogP contribution in [0, 0.1) is 10.8 Å². The number of allylic oxidation sites excluding steroid dienone is 4. The first-order valence-corrected chi connectivity index (χ1v) is 15.8. The van der Waals surface area contributed by atoms with Crippen LogP contribution < -0.4 is 4.74 Å². The van der Waals surface area contributed by atoms with Crippen LogP contribution in [-0.2, 0) is 22.6 Å². The lowest BCUT2D eigenvalue weighted by molar-refractivity contribution is -0.119. The van der Waals surface area contributed by atoms with Crippen LogP contribution in [-0.4, -0.2) is 34.1 Å². The zero-order chi connectivity index (χ0) is 31.9. The average Bonchev–Trinajstić information content (AvgIpc) is 2.98. The van der Waals surface area contributed by atoms with E-state index in [1.54, 1.807) is 24.3 Å². The third-order valence-corrected chi connectivity index (χ3v) is 9.29. The summed E-state index contributed by atoms with van der Waals surface area (Å²) in [5, 5.41) is 9.21. The first kappa shape index (κ1) is 30.6. The Morgan fingerprint density at radius 2 is 1.38 bits per heavy atom. The van der Waals surface area contributed by atoms with Crippen molar-refractivity contribution in [3.63, 3.8) is 0 Å². The number of carbonyl (C=O) groups excluding carboxylic acids is 2. The van der Waals surface area contributed by atoms with Gasteiger partial charge in [-0.2, -0.15) is 0 Å². The predicted octanol–water partition coefficient (Wildman–Crippen LogP) is 7.89. The molecule has 0 spiro atoms. The number of rotatable bonds is 8. The lowest BCUT2D eigenvalue weighted by atomic mass is 9.63. The summed E-state index contributed by atoms with van der Waals surface area (Å²) in [6.07, 6.45) is 3.25. The van der Waals surface area contributed by atoms with Gasteiger partial charge in [0.1, 0.15) is 12.4 Å². The van der Waals surface area contributed by atoms with Crippen molar-refractivity contribution in [1.29, 1.82) is 0 Å². The van der Waals surface area contributed by atoms with E-state index in [1.165, 1.54) is 5.56 Å². The minimum absolute atomic E-state index is 0.116. The molecule has 3 aromatic carbocycles. The maximum atomic E-state index is 14.1. The minimum Gasteiger partial charge on any atom is -0.489 e. The van der Waals surface area contributed by atoms with Crippen molar-refractivity contribution in [1.82, 2.24) is 4.90 Å². The molecular weight excluding hydrogens is 562 g/mol. The second kappa shape index (κ2) is 11.8. The normalized spacial score (nSPS) is 19.3. The quantitative estimate of drug-likeness (QED) is 0.282. The van der Waals surface area contributed by atoms with Gasteiger partial charge in [-0.1, -0.05) is 82.3 Å². The van der Waals surface area contributed by atoms with Crippen molar-refractivity contribution in [2.75, 3.05) is 6.54 Å². The molecule has 0 aromatic heterocycles. The molecule has 0 saturated heterocycles. The highest BCUT2D eigenvalue weighted by Gasteiger charge is 2.48.